The first-order valence-corrected chi connectivity index (χ1v) is 8.67. The SMILES string of the molecule is CCCCC(CN)NC(=O)c1cnn(-c2ccc(Br)cc2)c1C. The van der Waals surface area contributed by atoms with Crippen LogP contribution in [0.1, 0.15) is 42.2 Å². The molecule has 1 aromatic carbocycles. The maximum absolute atomic E-state index is 12.5. The van der Waals surface area contributed by atoms with Crippen molar-refractivity contribution >= 4 is 21.8 Å². The van der Waals surface area contributed by atoms with Crippen LogP contribution in [0.5, 0.6) is 0 Å². The topological polar surface area (TPSA) is 72.9 Å². The van der Waals surface area contributed by atoms with Gasteiger partial charge >= 0.3 is 0 Å². The molecule has 0 bridgehead atoms. The van der Waals surface area contributed by atoms with Gasteiger partial charge in [0.25, 0.3) is 5.91 Å². The quantitative estimate of drug-likeness (QED) is 0.776. The van der Waals surface area contributed by atoms with Gasteiger partial charge in [0, 0.05) is 17.1 Å². The third kappa shape index (κ3) is 4.42. The van der Waals surface area contributed by atoms with E-state index >= 15 is 0 Å². The molecule has 1 aromatic heterocycles. The van der Waals surface area contributed by atoms with Gasteiger partial charge in [-0.05, 0) is 37.6 Å². The van der Waals surface area contributed by atoms with Gasteiger partial charge < -0.3 is 11.1 Å². The fourth-order valence-corrected chi connectivity index (χ4v) is 2.70. The van der Waals surface area contributed by atoms with Crippen molar-refractivity contribution in [3.63, 3.8) is 0 Å². The van der Waals surface area contributed by atoms with Crippen molar-refractivity contribution in [1.82, 2.24) is 15.1 Å². The summed E-state index contributed by atoms with van der Waals surface area (Å²) < 4.78 is 2.77. The van der Waals surface area contributed by atoms with E-state index in [2.05, 4.69) is 33.3 Å². The number of nitrogens with two attached hydrogens (primary N) is 1. The number of rotatable bonds is 7. The number of nitrogens with one attached hydrogen (secondary N) is 1. The molecule has 0 spiro atoms. The summed E-state index contributed by atoms with van der Waals surface area (Å²) in [5.74, 6) is -0.114. The molecule has 0 fully saturated rings. The predicted octanol–water partition coefficient (Wildman–Crippen LogP) is 3.19. The summed E-state index contributed by atoms with van der Waals surface area (Å²) in [4.78, 5) is 12.5. The van der Waals surface area contributed by atoms with Crippen LogP contribution in [0.2, 0.25) is 0 Å². The molecule has 124 valence electrons. The van der Waals surface area contributed by atoms with Crippen LogP contribution in [0.3, 0.4) is 0 Å². The molecule has 1 unspecified atom stereocenters. The summed E-state index contributed by atoms with van der Waals surface area (Å²) in [6.45, 7) is 4.47. The molecule has 2 aromatic rings. The predicted molar refractivity (Wildman–Crippen MR) is 95.8 cm³/mol. The van der Waals surface area contributed by atoms with E-state index < -0.39 is 0 Å². The lowest BCUT2D eigenvalue weighted by atomic mass is 10.1. The van der Waals surface area contributed by atoms with Crippen LogP contribution < -0.4 is 11.1 Å². The average molecular weight is 379 g/mol. The van der Waals surface area contributed by atoms with Gasteiger partial charge in [-0.3, -0.25) is 4.79 Å². The molecular weight excluding hydrogens is 356 g/mol. The molecule has 0 radical (unpaired) electrons. The Hall–Kier alpha value is -1.66. The number of benzene rings is 1. The normalized spacial score (nSPS) is 12.2. The first-order chi connectivity index (χ1) is 11.1. The van der Waals surface area contributed by atoms with E-state index in [9.17, 15) is 4.79 Å². The monoisotopic (exact) mass is 378 g/mol. The fourth-order valence-electron chi connectivity index (χ4n) is 2.44. The minimum Gasteiger partial charge on any atom is -0.348 e. The number of aromatic nitrogens is 2. The highest BCUT2D eigenvalue weighted by molar-refractivity contribution is 9.10. The Morgan fingerprint density at radius 2 is 2.09 bits per heavy atom. The zero-order valence-corrected chi connectivity index (χ0v) is 15.1. The van der Waals surface area contributed by atoms with E-state index in [1.54, 1.807) is 10.9 Å². The van der Waals surface area contributed by atoms with Gasteiger partial charge in [-0.25, -0.2) is 4.68 Å². The summed E-state index contributed by atoms with van der Waals surface area (Å²) in [5, 5.41) is 7.35. The molecule has 23 heavy (non-hydrogen) atoms. The second kappa shape index (κ2) is 8.26. The molecule has 6 heteroatoms. The summed E-state index contributed by atoms with van der Waals surface area (Å²) in [7, 11) is 0. The Kier molecular flexibility index (Phi) is 6.36. The van der Waals surface area contributed by atoms with E-state index in [4.69, 9.17) is 5.73 Å². The number of halogens is 1. The van der Waals surface area contributed by atoms with Gasteiger partial charge in [-0.15, -0.1) is 0 Å². The van der Waals surface area contributed by atoms with E-state index in [1.165, 1.54) is 0 Å². The van der Waals surface area contributed by atoms with Gasteiger partial charge in [0.1, 0.15) is 0 Å². The molecule has 3 N–H and O–H groups in total. The van der Waals surface area contributed by atoms with Crippen molar-refractivity contribution in [3.05, 3.63) is 46.2 Å². The van der Waals surface area contributed by atoms with Crippen LogP contribution in [0.15, 0.2) is 34.9 Å². The van der Waals surface area contributed by atoms with E-state index in [1.807, 2.05) is 31.2 Å². The fraction of sp³-hybridized carbons (Fsp3) is 0.412. The van der Waals surface area contributed by atoms with Gasteiger partial charge in [-0.2, -0.15) is 5.10 Å². The summed E-state index contributed by atoms with van der Waals surface area (Å²) in [6, 6.07) is 7.82. The Morgan fingerprint density at radius 1 is 1.39 bits per heavy atom. The maximum atomic E-state index is 12.5. The Balaban J connectivity index is 2.14. The van der Waals surface area contributed by atoms with Crippen LogP contribution in [0.25, 0.3) is 5.69 Å². The number of hydrogen-bond donors (Lipinski definition) is 2. The number of nitrogens with zero attached hydrogens (tertiary/aromatic N) is 2. The maximum Gasteiger partial charge on any atom is 0.255 e. The average Bonchev–Trinajstić information content (AvgIpc) is 2.93. The van der Waals surface area contributed by atoms with Crippen molar-refractivity contribution in [1.29, 1.82) is 0 Å². The van der Waals surface area contributed by atoms with Crippen molar-refractivity contribution < 1.29 is 4.79 Å². The zero-order chi connectivity index (χ0) is 16.8. The number of hydrogen-bond acceptors (Lipinski definition) is 3. The number of carbonyl (C=O) groups is 1. The highest BCUT2D eigenvalue weighted by Crippen LogP contribution is 2.17. The first-order valence-electron chi connectivity index (χ1n) is 7.88. The van der Waals surface area contributed by atoms with Crippen molar-refractivity contribution in [2.24, 2.45) is 5.73 Å². The summed E-state index contributed by atoms with van der Waals surface area (Å²) in [6.07, 6.45) is 4.66. The third-order valence-electron chi connectivity index (χ3n) is 3.85. The van der Waals surface area contributed by atoms with Crippen molar-refractivity contribution in [2.75, 3.05) is 6.54 Å². The largest absolute Gasteiger partial charge is 0.348 e. The van der Waals surface area contributed by atoms with E-state index in [0.29, 0.717) is 12.1 Å². The third-order valence-corrected chi connectivity index (χ3v) is 4.38. The molecule has 1 amide bonds. The molecule has 0 saturated carbocycles. The highest BCUT2D eigenvalue weighted by atomic mass is 79.9. The van der Waals surface area contributed by atoms with E-state index in [-0.39, 0.29) is 11.9 Å². The molecule has 0 aliphatic carbocycles. The minimum absolute atomic E-state index is 0.0119. The Bertz CT molecular complexity index is 651. The number of unbranched alkanes of at least 4 members (excludes halogenated alkanes) is 1. The summed E-state index contributed by atoms with van der Waals surface area (Å²) >= 11 is 3.41. The van der Waals surface area contributed by atoms with E-state index in [0.717, 1.165) is 35.1 Å². The van der Waals surface area contributed by atoms with Crippen molar-refractivity contribution in [2.45, 2.75) is 39.2 Å². The molecule has 1 atom stereocenters. The molecule has 1 heterocycles. The molecule has 0 aliphatic rings. The lowest BCUT2D eigenvalue weighted by Gasteiger charge is -2.16. The Morgan fingerprint density at radius 3 is 2.70 bits per heavy atom. The molecular formula is C17H23BrN4O. The first kappa shape index (κ1) is 17.7. The summed E-state index contributed by atoms with van der Waals surface area (Å²) in [5.41, 5.74) is 8.07. The lowest BCUT2D eigenvalue weighted by Crippen LogP contribution is -2.40. The Labute approximate surface area is 145 Å². The van der Waals surface area contributed by atoms with Crippen LogP contribution in [-0.4, -0.2) is 28.3 Å². The van der Waals surface area contributed by atoms with Gasteiger partial charge in [0.2, 0.25) is 0 Å². The highest BCUT2D eigenvalue weighted by Gasteiger charge is 2.17. The van der Waals surface area contributed by atoms with Crippen LogP contribution in [0, 0.1) is 6.92 Å². The van der Waals surface area contributed by atoms with Crippen LogP contribution >= 0.6 is 15.9 Å². The van der Waals surface area contributed by atoms with Crippen molar-refractivity contribution in [3.8, 4) is 5.69 Å². The van der Waals surface area contributed by atoms with Gasteiger partial charge in [0.05, 0.1) is 23.1 Å². The molecule has 0 aliphatic heterocycles. The molecule has 5 nitrogen and oxygen atoms in total. The number of carbonyl (C=O) groups excluding carboxylic acids is 1. The molecule has 2 rings (SSSR count). The standard InChI is InChI=1S/C17H23BrN4O/c1-3-4-5-14(10-19)21-17(23)16-11-20-22(12(16)2)15-8-6-13(18)7-9-15/h6-9,11,14H,3-5,10,19H2,1-2H3,(H,21,23). The van der Waals surface area contributed by atoms with Gasteiger partial charge in [0.15, 0.2) is 0 Å². The smallest absolute Gasteiger partial charge is 0.255 e. The zero-order valence-electron chi connectivity index (χ0n) is 13.6. The minimum atomic E-state index is -0.114. The lowest BCUT2D eigenvalue weighted by molar-refractivity contribution is 0.0935. The van der Waals surface area contributed by atoms with Crippen LogP contribution in [0.4, 0.5) is 0 Å². The van der Waals surface area contributed by atoms with Crippen LogP contribution in [-0.2, 0) is 0 Å². The van der Waals surface area contributed by atoms with Gasteiger partial charge in [-0.1, -0.05) is 35.7 Å². The number of amides is 1. The second-order valence-corrected chi connectivity index (χ2v) is 6.50. The second-order valence-electron chi connectivity index (χ2n) is 5.58. The molecule has 0 saturated heterocycles.